The van der Waals surface area contributed by atoms with Gasteiger partial charge in [-0.25, -0.2) is 33.5 Å². The fraction of sp³-hybridized carbons (Fsp3) is 0.295. The van der Waals surface area contributed by atoms with Gasteiger partial charge in [-0.15, -0.1) is 0 Å². The number of alkyl halides is 3. The number of carbonyl (C=O) groups is 2. The van der Waals surface area contributed by atoms with Gasteiger partial charge in [0.15, 0.2) is 17.3 Å². The number of anilines is 1. The summed E-state index contributed by atoms with van der Waals surface area (Å²) in [5.74, 6) is -3.98. The molecule has 5 heterocycles. The van der Waals surface area contributed by atoms with Crippen molar-refractivity contribution in [2.45, 2.75) is 49.5 Å². The predicted octanol–water partition coefficient (Wildman–Crippen LogP) is 5.37. The number of hydrogen-bond acceptors (Lipinski definition) is 12. The number of aromatic hydroxyl groups is 1. The molecule has 1 saturated carbocycles. The van der Waals surface area contributed by atoms with Gasteiger partial charge in [-0.3, -0.25) is 19.8 Å². The van der Waals surface area contributed by atoms with E-state index >= 15 is 9.59 Å². The van der Waals surface area contributed by atoms with Gasteiger partial charge in [0.1, 0.15) is 17.2 Å². The van der Waals surface area contributed by atoms with Gasteiger partial charge in [0, 0.05) is 60.9 Å². The standard InChI is InChI=1S/C44H37Cl2F3N8O9/c1-53-32-19-35(66-4)34(65-3)18-30(32)51-29(39(53)60)12-13-54-41(62)55-14-11-25-31(57(55)42(54)63)17-27-38(59)56(52-37-28(46)15-22(20-50-37)44(47,48)49)40(61)43(27,21-5-7-23(45)8-6-21)36(25)26-10-9-24(58)16-33(26)64-2/h5-11,15-16,18-20,27,31,36,58H,12-14,17H2,1-4H3,(H,50,52). The molecule has 342 valence electrons. The quantitative estimate of drug-likeness (QED) is 0.132. The zero-order valence-corrected chi connectivity index (χ0v) is 36.7. The molecule has 0 bridgehead atoms. The van der Waals surface area contributed by atoms with Crippen LogP contribution in [-0.2, 0) is 47.7 Å². The molecule has 4 unspecified atom stereocenters. The molecule has 4 atom stereocenters. The van der Waals surface area contributed by atoms with Crippen molar-refractivity contribution in [3.63, 3.8) is 0 Å². The number of benzene rings is 3. The minimum absolute atomic E-state index is 0.0618. The number of amides is 2. The Balaban J connectivity index is 1.18. The number of pyridine rings is 1. The monoisotopic (exact) mass is 948 g/mol. The summed E-state index contributed by atoms with van der Waals surface area (Å²) in [5, 5.41) is 11.0. The van der Waals surface area contributed by atoms with Crippen LogP contribution in [0.4, 0.5) is 19.0 Å². The Morgan fingerprint density at radius 3 is 2.27 bits per heavy atom. The third-order valence-corrected chi connectivity index (χ3v) is 13.2. The number of hydrazine groups is 1. The van der Waals surface area contributed by atoms with Crippen LogP contribution in [0, 0.1) is 5.92 Å². The van der Waals surface area contributed by atoms with Crippen molar-refractivity contribution in [3.8, 4) is 23.0 Å². The van der Waals surface area contributed by atoms with Crippen molar-refractivity contribution < 1.29 is 42.1 Å². The van der Waals surface area contributed by atoms with E-state index in [1.165, 1.54) is 65.6 Å². The molecule has 3 aromatic heterocycles. The summed E-state index contributed by atoms with van der Waals surface area (Å²) in [6, 6.07) is 13.2. The Kier molecular flexibility index (Phi) is 10.8. The summed E-state index contributed by atoms with van der Waals surface area (Å²) in [7, 11) is 5.82. The zero-order valence-electron chi connectivity index (χ0n) is 35.2. The van der Waals surface area contributed by atoms with Gasteiger partial charge in [0.2, 0.25) is 0 Å². The molecule has 0 radical (unpaired) electrons. The Hall–Kier alpha value is -7.06. The number of phenols is 1. The van der Waals surface area contributed by atoms with Gasteiger partial charge in [-0.1, -0.05) is 47.5 Å². The van der Waals surface area contributed by atoms with Crippen LogP contribution >= 0.6 is 23.2 Å². The molecule has 6 aromatic rings. The Bertz CT molecular complexity index is 3240. The van der Waals surface area contributed by atoms with Crippen molar-refractivity contribution in [3.05, 3.63) is 142 Å². The van der Waals surface area contributed by atoms with Gasteiger partial charge in [-0.2, -0.15) is 18.2 Å². The summed E-state index contributed by atoms with van der Waals surface area (Å²) in [4.78, 5) is 81.4. The number of aromatic nitrogens is 6. The molecular weight excluding hydrogens is 912 g/mol. The second-order valence-electron chi connectivity index (χ2n) is 15.9. The smallest absolute Gasteiger partial charge is 0.417 e. The molecule has 2 aliphatic heterocycles. The SMILES string of the molecule is COc1cc2nc(CCn3c(=O)n4n(c3=O)C3CC5C(=O)N(Nc6ncc(C(F)(F)F)cc6Cl)C(=O)C5(c5ccc(Cl)cc5)C(c5ccc(O)cc5OC)C3=CC4)c(=O)n(C)c2cc1OC. The number of halogens is 5. The Labute approximate surface area is 380 Å². The average molecular weight is 950 g/mol. The first-order valence-corrected chi connectivity index (χ1v) is 20.9. The van der Waals surface area contributed by atoms with E-state index in [9.17, 15) is 32.7 Å². The number of nitrogens with zero attached hydrogens (tertiary/aromatic N) is 7. The molecule has 2 amide bonds. The summed E-state index contributed by atoms with van der Waals surface area (Å²) in [5.41, 5.74) is -0.458. The Morgan fingerprint density at radius 2 is 1.61 bits per heavy atom. The fourth-order valence-corrected chi connectivity index (χ4v) is 9.99. The minimum atomic E-state index is -4.80. The highest BCUT2D eigenvalue weighted by Gasteiger charge is 2.69. The molecule has 9 rings (SSSR count). The van der Waals surface area contributed by atoms with E-state index in [1.54, 1.807) is 37.4 Å². The second-order valence-corrected chi connectivity index (χ2v) is 16.7. The number of ether oxygens (including phenoxy) is 3. The van der Waals surface area contributed by atoms with Crippen molar-refractivity contribution in [1.82, 2.24) is 33.5 Å². The molecule has 0 spiro atoms. The van der Waals surface area contributed by atoms with Gasteiger partial charge in [-0.05, 0) is 41.8 Å². The topological polar surface area (TPSA) is 194 Å². The summed E-state index contributed by atoms with van der Waals surface area (Å²) >= 11 is 12.7. The summed E-state index contributed by atoms with van der Waals surface area (Å²) < 4.78 is 62.2. The maximum absolute atomic E-state index is 15.5. The predicted molar refractivity (Wildman–Crippen MR) is 232 cm³/mol. The molecule has 66 heavy (non-hydrogen) atoms. The number of allylic oxidation sites excluding steroid dienone is 2. The zero-order chi connectivity index (χ0) is 47.1. The molecular formula is C44H37Cl2F3N8O9. The van der Waals surface area contributed by atoms with Crippen LogP contribution in [0.15, 0.2) is 92.9 Å². The highest BCUT2D eigenvalue weighted by molar-refractivity contribution is 6.33. The van der Waals surface area contributed by atoms with Crippen LogP contribution in [-0.4, -0.2) is 71.7 Å². The number of rotatable bonds is 10. The van der Waals surface area contributed by atoms with Crippen molar-refractivity contribution in [2.75, 3.05) is 26.8 Å². The number of hydrogen-bond donors (Lipinski definition) is 2. The number of aryl methyl sites for hydroxylation is 2. The number of nitrogens with one attached hydrogen (secondary N) is 1. The molecule has 1 saturated heterocycles. The van der Waals surface area contributed by atoms with E-state index < -0.39 is 74.6 Å². The molecule has 2 fully saturated rings. The minimum Gasteiger partial charge on any atom is -0.508 e. The van der Waals surface area contributed by atoms with Crippen molar-refractivity contribution in [1.29, 1.82) is 0 Å². The fourth-order valence-electron chi connectivity index (χ4n) is 9.66. The third kappa shape index (κ3) is 6.71. The third-order valence-electron chi connectivity index (χ3n) is 12.6. The second kappa shape index (κ2) is 16.1. The van der Waals surface area contributed by atoms with Gasteiger partial charge in [0.05, 0.1) is 66.9 Å². The average Bonchev–Trinajstić information content (AvgIpc) is 3.66. The summed E-state index contributed by atoms with van der Waals surface area (Å²) in [6.07, 6.45) is -2.97. The molecule has 22 heteroatoms. The molecule has 1 aliphatic carbocycles. The van der Waals surface area contributed by atoms with E-state index in [-0.39, 0.29) is 43.1 Å². The van der Waals surface area contributed by atoms with Crippen molar-refractivity contribution >= 4 is 51.9 Å². The van der Waals surface area contributed by atoms with Crippen LogP contribution < -0.4 is 36.6 Å². The van der Waals surface area contributed by atoms with Crippen LogP contribution in [0.1, 0.15) is 40.8 Å². The number of methoxy groups -OCH3 is 3. The lowest BCUT2D eigenvalue weighted by Gasteiger charge is -2.49. The molecule has 17 nitrogen and oxygen atoms in total. The van der Waals surface area contributed by atoms with E-state index in [1.807, 2.05) is 0 Å². The number of imide groups is 1. The first kappa shape index (κ1) is 44.2. The lowest BCUT2D eigenvalue weighted by atomic mass is 9.53. The molecule has 3 aliphatic rings. The maximum Gasteiger partial charge on any atom is 0.417 e. The normalized spacial score (nSPS) is 20.2. The van der Waals surface area contributed by atoms with E-state index in [0.29, 0.717) is 61.5 Å². The Morgan fingerprint density at radius 1 is 0.909 bits per heavy atom. The van der Waals surface area contributed by atoms with E-state index in [0.717, 1.165) is 4.57 Å². The number of phenolic OH excluding ortho intramolecular Hbond substituents is 1. The van der Waals surface area contributed by atoms with Crippen LogP contribution in [0.5, 0.6) is 23.0 Å². The lowest BCUT2D eigenvalue weighted by molar-refractivity contribution is -0.139. The van der Waals surface area contributed by atoms with Crippen LogP contribution in [0.3, 0.4) is 0 Å². The maximum atomic E-state index is 15.5. The highest BCUT2D eigenvalue weighted by atomic mass is 35.5. The highest BCUT2D eigenvalue weighted by Crippen LogP contribution is 2.63. The molecule has 2 N–H and O–H groups in total. The van der Waals surface area contributed by atoms with Crippen LogP contribution in [0.2, 0.25) is 10.0 Å². The first-order chi connectivity index (χ1) is 31.4. The van der Waals surface area contributed by atoms with Crippen molar-refractivity contribution in [2.24, 2.45) is 13.0 Å². The van der Waals surface area contributed by atoms with E-state index in [2.05, 4.69) is 15.4 Å². The molecule has 3 aromatic carbocycles. The number of carbonyl (C=O) groups excluding carboxylic acids is 2. The largest absolute Gasteiger partial charge is 0.508 e. The van der Waals surface area contributed by atoms with Gasteiger partial charge in [0.25, 0.3) is 17.4 Å². The van der Waals surface area contributed by atoms with Gasteiger partial charge < -0.3 is 23.9 Å². The summed E-state index contributed by atoms with van der Waals surface area (Å²) in [6.45, 7) is -0.435. The van der Waals surface area contributed by atoms with E-state index in [4.69, 9.17) is 37.4 Å². The first-order valence-electron chi connectivity index (χ1n) is 20.2. The van der Waals surface area contributed by atoms with Gasteiger partial charge >= 0.3 is 17.6 Å². The lowest BCUT2D eigenvalue weighted by Crippen LogP contribution is -2.53. The number of fused-ring (bicyclic) bond motifs is 5. The van der Waals surface area contributed by atoms with Crippen LogP contribution in [0.25, 0.3) is 11.0 Å².